The van der Waals surface area contributed by atoms with E-state index >= 15 is 0 Å². The maximum atomic E-state index is 6.03. The van der Waals surface area contributed by atoms with Crippen molar-refractivity contribution in [3.05, 3.63) is 0 Å². The normalized spacial score (nSPS) is 32.8. The van der Waals surface area contributed by atoms with Crippen molar-refractivity contribution >= 4 is 5.96 Å². The van der Waals surface area contributed by atoms with Crippen molar-refractivity contribution in [2.24, 2.45) is 16.6 Å². The highest BCUT2D eigenvalue weighted by molar-refractivity contribution is 5.79. The quantitative estimate of drug-likeness (QED) is 0.471. The fourth-order valence-corrected chi connectivity index (χ4v) is 2.61. The van der Waals surface area contributed by atoms with E-state index < -0.39 is 0 Å². The van der Waals surface area contributed by atoms with Crippen molar-refractivity contribution in [3.63, 3.8) is 0 Å². The largest absolute Gasteiger partial charge is 0.370 e. The standard InChI is InChI=1S/C11H21N3/c1-11(2,3)13-10(12)14-7-8-4-5-9(14)6-8/h8-9H,4-7H2,1-3H3,(H2,12,13). The third kappa shape index (κ3) is 1.86. The Hall–Kier alpha value is -0.730. The molecule has 0 aromatic carbocycles. The highest BCUT2D eigenvalue weighted by Crippen LogP contribution is 2.37. The summed E-state index contributed by atoms with van der Waals surface area (Å²) >= 11 is 0. The molecule has 3 nitrogen and oxygen atoms in total. The number of hydrogen-bond acceptors (Lipinski definition) is 1. The second-order valence-corrected chi connectivity index (χ2v) is 5.63. The third-order valence-electron chi connectivity index (χ3n) is 3.15. The van der Waals surface area contributed by atoms with Crippen LogP contribution < -0.4 is 5.73 Å². The Morgan fingerprint density at radius 1 is 1.36 bits per heavy atom. The van der Waals surface area contributed by atoms with Gasteiger partial charge in [0.25, 0.3) is 0 Å². The molecule has 2 fully saturated rings. The molecule has 2 atom stereocenters. The fourth-order valence-electron chi connectivity index (χ4n) is 2.61. The number of piperidine rings is 1. The summed E-state index contributed by atoms with van der Waals surface area (Å²) in [5.41, 5.74) is 5.98. The van der Waals surface area contributed by atoms with Gasteiger partial charge in [0.05, 0.1) is 5.54 Å². The smallest absolute Gasteiger partial charge is 0.192 e. The van der Waals surface area contributed by atoms with E-state index in [0.717, 1.165) is 18.4 Å². The van der Waals surface area contributed by atoms with Crippen molar-refractivity contribution in [2.45, 2.75) is 51.6 Å². The van der Waals surface area contributed by atoms with Gasteiger partial charge in [-0.15, -0.1) is 0 Å². The molecule has 2 aliphatic rings. The molecule has 2 bridgehead atoms. The molecule has 1 aliphatic carbocycles. The molecular weight excluding hydrogens is 174 g/mol. The zero-order valence-electron chi connectivity index (χ0n) is 9.45. The van der Waals surface area contributed by atoms with Gasteiger partial charge >= 0.3 is 0 Å². The van der Waals surface area contributed by atoms with Crippen molar-refractivity contribution in [1.29, 1.82) is 0 Å². The SMILES string of the molecule is CC(C)(C)N=C(N)N1CC2CCC1C2. The van der Waals surface area contributed by atoms with Crippen LogP contribution in [-0.2, 0) is 0 Å². The van der Waals surface area contributed by atoms with E-state index in [4.69, 9.17) is 5.73 Å². The molecule has 0 aromatic heterocycles. The summed E-state index contributed by atoms with van der Waals surface area (Å²) in [4.78, 5) is 6.84. The maximum absolute atomic E-state index is 6.03. The van der Waals surface area contributed by atoms with Gasteiger partial charge in [0.1, 0.15) is 0 Å². The summed E-state index contributed by atoms with van der Waals surface area (Å²) < 4.78 is 0. The van der Waals surface area contributed by atoms with Crippen molar-refractivity contribution in [1.82, 2.24) is 4.90 Å². The second kappa shape index (κ2) is 3.14. The Morgan fingerprint density at radius 3 is 2.50 bits per heavy atom. The molecule has 0 spiro atoms. The first-order valence-corrected chi connectivity index (χ1v) is 5.58. The summed E-state index contributed by atoms with van der Waals surface area (Å²) in [6, 6.07) is 0.686. The Bertz CT molecular complexity index is 252. The first kappa shape index (κ1) is 9.81. The van der Waals surface area contributed by atoms with Crippen LogP contribution in [0.3, 0.4) is 0 Å². The Kier molecular flexibility index (Phi) is 2.20. The fraction of sp³-hybridized carbons (Fsp3) is 0.909. The van der Waals surface area contributed by atoms with Crippen LogP contribution in [0.4, 0.5) is 0 Å². The molecule has 14 heavy (non-hydrogen) atoms. The van der Waals surface area contributed by atoms with Crippen LogP contribution in [0.5, 0.6) is 0 Å². The van der Waals surface area contributed by atoms with Crippen LogP contribution in [0, 0.1) is 5.92 Å². The zero-order chi connectivity index (χ0) is 10.3. The first-order chi connectivity index (χ1) is 6.46. The molecule has 1 aliphatic heterocycles. The minimum absolute atomic E-state index is 0.0497. The van der Waals surface area contributed by atoms with E-state index in [9.17, 15) is 0 Å². The van der Waals surface area contributed by atoms with Gasteiger partial charge in [-0.05, 0) is 46.0 Å². The minimum atomic E-state index is -0.0497. The van der Waals surface area contributed by atoms with Gasteiger partial charge in [-0.1, -0.05) is 0 Å². The van der Waals surface area contributed by atoms with Crippen molar-refractivity contribution in [2.75, 3.05) is 6.54 Å². The van der Waals surface area contributed by atoms with E-state index in [-0.39, 0.29) is 5.54 Å². The lowest BCUT2D eigenvalue weighted by atomic mass is 10.1. The number of nitrogens with zero attached hydrogens (tertiary/aromatic N) is 2. The van der Waals surface area contributed by atoms with Gasteiger partial charge in [0.15, 0.2) is 5.96 Å². The van der Waals surface area contributed by atoms with Crippen molar-refractivity contribution in [3.8, 4) is 0 Å². The highest BCUT2D eigenvalue weighted by atomic mass is 15.3. The van der Waals surface area contributed by atoms with Crippen LogP contribution in [0.2, 0.25) is 0 Å². The zero-order valence-corrected chi connectivity index (χ0v) is 9.45. The molecule has 80 valence electrons. The number of fused-ring (bicyclic) bond motifs is 2. The molecule has 2 rings (SSSR count). The first-order valence-electron chi connectivity index (χ1n) is 5.58. The van der Waals surface area contributed by atoms with E-state index in [1.54, 1.807) is 0 Å². The minimum Gasteiger partial charge on any atom is -0.370 e. The monoisotopic (exact) mass is 195 g/mol. The van der Waals surface area contributed by atoms with E-state index in [1.165, 1.54) is 19.3 Å². The lowest BCUT2D eigenvalue weighted by molar-refractivity contribution is 0.320. The predicted octanol–water partition coefficient (Wildman–Crippen LogP) is 1.58. The lowest BCUT2D eigenvalue weighted by Crippen LogP contribution is -2.43. The van der Waals surface area contributed by atoms with E-state index in [2.05, 4.69) is 30.7 Å². The average molecular weight is 195 g/mol. The van der Waals surface area contributed by atoms with Gasteiger partial charge in [0, 0.05) is 12.6 Å². The Balaban J connectivity index is 2.06. The summed E-state index contributed by atoms with van der Waals surface area (Å²) in [6.07, 6.45) is 4.04. The van der Waals surface area contributed by atoms with Crippen LogP contribution >= 0.6 is 0 Å². The molecule has 1 heterocycles. The van der Waals surface area contributed by atoms with Gasteiger partial charge in [0.2, 0.25) is 0 Å². The molecule has 1 saturated heterocycles. The van der Waals surface area contributed by atoms with Gasteiger partial charge in [-0.25, -0.2) is 4.99 Å². The topological polar surface area (TPSA) is 41.6 Å². The van der Waals surface area contributed by atoms with Crippen molar-refractivity contribution < 1.29 is 0 Å². The van der Waals surface area contributed by atoms with Crippen LogP contribution in [0.15, 0.2) is 4.99 Å². The van der Waals surface area contributed by atoms with Crippen LogP contribution in [0.25, 0.3) is 0 Å². The third-order valence-corrected chi connectivity index (χ3v) is 3.15. The van der Waals surface area contributed by atoms with Crippen LogP contribution in [-0.4, -0.2) is 29.0 Å². The number of nitrogens with two attached hydrogens (primary N) is 1. The number of likely N-dealkylation sites (tertiary alicyclic amines) is 1. The van der Waals surface area contributed by atoms with Gasteiger partial charge in [-0.3, -0.25) is 0 Å². The Morgan fingerprint density at radius 2 is 2.07 bits per heavy atom. The maximum Gasteiger partial charge on any atom is 0.192 e. The summed E-state index contributed by atoms with van der Waals surface area (Å²) in [5.74, 6) is 1.64. The molecule has 2 unspecified atom stereocenters. The van der Waals surface area contributed by atoms with E-state index in [0.29, 0.717) is 6.04 Å². The molecule has 0 amide bonds. The highest BCUT2D eigenvalue weighted by Gasteiger charge is 2.38. The number of hydrogen-bond donors (Lipinski definition) is 1. The number of guanidine groups is 1. The summed E-state index contributed by atoms with van der Waals surface area (Å²) in [5, 5.41) is 0. The Labute approximate surface area is 86.4 Å². The number of aliphatic imine (C=N–C) groups is 1. The molecule has 0 radical (unpaired) electrons. The molecular formula is C11H21N3. The van der Waals surface area contributed by atoms with Gasteiger partial charge in [-0.2, -0.15) is 0 Å². The molecule has 2 N–H and O–H groups in total. The molecule has 1 saturated carbocycles. The summed E-state index contributed by atoms with van der Waals surface area (Å²) in [6.45, 7) is 7.41. The van der Waals surface area contributed by atoms with E-state index in [1.807, 2.05) is 0 Å². The van der Waals surface area contributed by atoms with Gasteiger partial charge < -0.3 is 10.6 Å². The molecule has 3 heteroatoms. The lowest BCUT2D eigenvalue weighted by Gasteiger charge is -2.29. The predicted molar refractivity (Wildman–Crippen MR) is 59.2 cm³/mol. The van der Waals surface area contributed by atoms with Crippen LogP contribution in [0.1, 0.15) is 40.0 Å². The summed E-state index contributed by atoms with van der Waals surface area (Å²) in [7, 11) is 0. The second-order valence-electron chi connectivity index (χ2n) is 5.63. The average Bonchev–Trinajstić information content (AvgIpc) is 2.59. The molecule has 0 aromatic rings. The number of rotatable bonds is 0.